The van der Waals surface area contributed by atoms with Crippen molar-refractivity contribution in [2.24, 2.45) is 0 Å². The maximum atomic E-state index is 13.9. The van der Waals surface area contributed by atoms with Crippen LogP contribution < -0.4 is 5.32 Å². The number of hydrogen-bond donors (Lipinski definition) is 2. The first-order chi connectivity index (χ1) is 13.0. The van der Waals surface area contributed by atoms with Crippen molar-refractivity contribution >= 4 is 23.2 Å². The lowest BCUT2D eigenvalue weighted by atomic mass is 9.89. The first-order valence-corrected chi connectivity index (χ1v) is 9.49. The van der Waals surface area contributed by atoms with Crippen LogP contribution in [0.2, 0.25) is 0 Å². The van der Waals surface area contributed by atoms with Crippen LogP contribution in [0.4, 0.5) is 4.39 Å². The van der Waals surface area contributed by atoms with Gasteiger partial charge in [0.05, 0.1) is 5.60 Å². The van der Waals surface area contributed by atoms with E-state index in [2.05, 4.69) is 35.4 Å². The van der Waals surface area contributed by atoms with Gasteiger partial charge in [-0.3, -0.25) is 4.98 Å². The van der Waals surface area contributed by atoms with Crippen molar-refractivity contribution < 1.29 is 9.50 Å². The summed E-state index contributed by atoms with van der Waals surface area (Å²) in [6, 6.07) is 15.2. The van der Waals surface area contributed by atoms with Gasteiger partial charge in [-0.15, -0.1) is 12.4 Å². The molecule has 150 valence electrons. The molecule has 0 aliphatic heterocycles. The molecule has 0 saturated heterocycles. The van der Waals surface area contributed by atoms with Gasteiger partial charge in [0.25, 0.3) is 0 Å². The lowest BCUT2D eigenvalue weighted by molar-refractivity contribution is 0.0407. The highest BCUT2D eigenvalue weighted by Gasteiger charge is 2.25. The first-order valence-electron chi connectivity index (χ1n) is 9.49. The van der Waals surface area contributed by atoms with E-state index in [-0.39, 0.29) is 18.2 Å². The molecule has 0 aliphatic carbocycles. The van der Waals surface area contributed by atoms with Crippen LogP contribution in [0.25, 0.3) is 10.8 Å². The van der Waals surface area contributed by atoms with Gasteiger partial charge < -0.3 is 10.4 Å². The third-order valence-electron chi connectivity index (χ3n) is 5.11. The molecule has 2 atom stereocenters. The maximum absolute atomic E-state index is 13.9. The molecule has 0 spiro atoms. The fraction of sp³-hybridized carbons (Fsp3) is 0.348. The Balaban J connectivity index is 0.00000280. The Labute approximate surface area is 172 Å². The summed E-state index contributed by atoms with van der Waals surface area (Å²) >= 11 is 0. The number of benzene rings is 2. The zero-order chi connectivity index (χ0) is 19.3. The van der Waals surface area contributed by atoms with Gasteiger partial charge in [-0.25, -0.2) is 4.39 Å². The minimum atomic E-state index is -1.14. The highest BCUT2D eigenvalue weighted by molar-refractivity contribution is 5.85. The lowest BCUT2D eigenvalue weighted by Crippen LogP contribution is -2.27. The molecule has 0 aliphatic rings. The van der Waals surface area contributed by atoms with Gasteiger partial charge in [-0.2, -0.15) is 0 Å². The largest absolute Gasteiger partial charge is 0.385 e. The molecule has 2 aromatic carbocycles. The monoisotopic (exact) mass is 402 g/mol. The Bertz CT molecular complexity index is 900. The Morgan fingerprint density at radius 1 is 1.14 bits per heavy atom. The predicted molar refractivity (Wildman–Crippen MR) is 115 cm³/mol. The van der Waals surface area contributed by atoms with Gasteiger partial charge in [0.2, 0.25) is 0 Å². The average molecular weight is 403 g/mol. The molecule has 1 unspecified atom stereocenters. The van der Waals surface area contributed by atoms with E-state index in [4.69, 9.17) is 0 Å². The second-order valence-corrected chi connectivity index (χ2v) is 7.49. The molecule has 1 heterocycles. The summed E-state index contributed by atoms with van der Waals surface area (Å²) in [5.41, 5.74) is 0.465. The maximum Gasteiger partial charge on any atom is 0.129 e. The van der Waals surface area contributed by atoms with Crippen LogP contribution in [-0.4, -0.2) is 16.1 Å². The molecule has 2 N–H and O–H groups in total. The fourth-order valence-electron chi connectivity index (χ4n) is 3.42. The predicted octanol–water partition coefficient (Wildman–Crippen LogP) is 5.35. The molecule has 0 fully saturated rings. The number of rotatable bonds is 8. The minimum Gasteiger partial charge on any atom is -0.385 e. The van der Waals surface area contributed by atoms with Crippen molar-refractivity contribution in [3.05, 3.63) is 77.9 Å². The topological polar surface area (TPSA) is 45.1 Å². The van der Waals surface area contributed by atoms with Gasteiger partial charge in [0.15, 0.2) is 0 Å². The highest BCUT2D eigenvalue weighted by Crippen LogP contribution is 2.28. The van der Waals surface area contributed by atoms with Crippen LogP contribution in [0, 0.1) is 5.82 Å². The Hall–Kier alpha value is -2.01. The van der Waals surface area contributed by atoms with E-state index >= 15 is 0 Å². The molecule has 0 saturated carbocycles. The smallest absolute Gasteiger partial charge is 0.129 e. The molecule has 0 bridgehead atoms. The van der Waals surface area contributed by atoms with E-state index in [0.717, 1.165) is 24.8 Å². The fourth-order valence-corrected chi connectivity index (χ4v) is 3.42. The molecule has 3 aromatic rings. The molecule has 28 heavy (non-hydrogen) atoms. The number of nitrogens with one attached hydrogen (secondary N) is 1. The number of aromatic nitrogens is 1. The zero-order valence-electron chi connectivity index (χ0n) is 16.4. The van der Waals surface area contributed by atoms with Crippen molar-refractivity contribution in [3.8, 4) is 0 Å². The second kappa shape index (κ2) is 9.97. The van der Waals surface area contributed by atoms with Crippen molar-refractivity contribution in [1.82, 2.24) is 10.3 Å². The van der Waals surface area contributed by atoms with E-state index in [1.165, 1.54) is 17.0 Å². The summed E-state index contributed by atoms with van der Waals surface area (Å²) in [5.74, 6) is -0.347. The zero-order valence-corrected chi connectivity index (χ0v) is 17.2. The summed E-state index contributed by atoms with van der Waals surface area (Å²) < 4.78 is 13.9. The number of pyridine rings is 1. The number of aliphatic hydroxyl groups is 1. The van der Waals surface area contributed by atoms with E-state index < -0.39 is 5.60 Å². The van der Waals surface area contributed by atoms with E-state index in [9.17, 15) is 9.50 Å². The normalized spacial score (nSPS) is 14.3. The molecule has 0 amide bonds. The summed E-state index contributed by atoms with van der Waals surface area (Å²) in [4.78, 5) is 4.14. The number of fused-ring (bicyclic) bond motifs is 1. The second-order valence-electron chi connectivity index (χ2n) is 7.49. The van der Waals surface area contributed by atoms with Crippen LogP contribution in [-0.2, 0) is 12.1 Å². The third kappa shape index (κ3) is 5.74. The average Bonchev–Trinajstić information content (AvgIpc) is 2.66. The van der Waals surface area contributed by atoms with Crippen molar-refractivity contribution in [1.29, 1.82) is 0 Å². The molecule has 3 rings (SSSR count). The minimum absolute atomic E-state index is 0. The van der Waals surface area contributed by atoms with Gasteiger partial charge in [-0.1, -0.05) is 30.3 Å². The molecule has 5 heteroatoms. The third-order valence-corrected chi connectivity index (χ3v) is 5.11. The molecule has 1 aromatic heterocycles. The summed E-state index contributed by atoms with van der Waals surface area (Å²) in [7, 11) is 0. The molecule has 3 nitrogen and oxygen atoms in total. The number of nitrogens with zero attached hydrogens (tertiary/aromatic N) is 1. The molecule has 0 radical (unpaired) electrons. The Kier molecular flexibility index (Phi) is 7.93. The molecular formula is C23H28ClFN2O. The van der Waals surface area contributed by atoms with Crippen molar-refractivity contribution in [2.75, 3.05) is 0 Å². The molecular weight excluding hydrogens is 375 g/mol. The summed E-state index contributed by atoms with van der Waals surface area (Å²) in [5, 5.41) is 16.5. The summed E-state index contributed by atoms with van der Waals surface area (Å²) in [6.07, 6.45) is 5.95. The van der Waals surface area contributed by atoms with Gasteiger partial charge >= 0.3 is 0 Å². The van der Waals surface area contributed by atoms with Gasteiger partial charge in [-0.05, 0) is 62.3 Å². The van der Waals surface area contributed by atoms with Crippen LogP contribution in [0.1, 0.15) is 44.2 Å². The van der Waals surface area contributed by atoms with Crippen LogP contribution in [0.15, 0.2) is 60.9 Å². The standard InChI is InChI=1S/C23H27FN2O.ClH/c1-17(6-5-12-23(2,27)21-7-3-4-8-22(21)24)26-15-18-9-10-20-16-25-13-11-19(20)14-18;/h3-4,7-11,13-14,16-17,26-27H,5-6,12,15H2,1-2H3;1H/t17-,23?;/m1./s1. The van der Waals surface area contributed by atoms with Crippen molar-refractivity contribution in [3.63, 3.8) is 0 Å². The highest BCUT2D eigenvalue weighted by atomic mass is 35.5. The summed E-state index contributed by atoms with van der Waals surface area (Å²) in [6.45, 7) is 4.62. The van der Waals surface area contributed by atoms with E-state index in [1.807, 2.05) is 18.5 Å². The van der Waals surface area contributed by atoms with Gasteiger partial charge in [0, 0.05) is 35.9 Å². The van der Waals surface area contributed by atoms with Gasteiger partial charge in [0.1, 0.15) is 5.82 Å². The Morgan fingerprint density at radius 3 is 2.71 bits per heavy atom. The Morgan fingerprint density at radius 2 is 1.93 bits per heavy atom. The van der Waals surface area contributed by atoms with Crippen LogP contribution >= 0.6 is 12.4 Å². The first kappa shape index (κ1) is 22.3. The quantitative estimate of drug-likeness (QED) is 0.533. The van der Waals surface area contributed by atoms with E-state index in [0.29, 0.717) is 18.0 Å². The van der Waals surface area contributed by atoms with Crippen LogP contribution in [0.5, 0.6) is 0 Å². The number of hydrogen-bond acceptors (Lipinski definition) is 3. The van der Waals surface area contributed by atoms with Crippen LogP contribution in [0.3, 0.4) is 0 Å². The van der Waals surface area contributed by atoms with Crippen molar-refractivity contribution in [2.45, 2.75) is 51.3 Å². The lowest BCUT2D eigenvalue weighted by Gasteiger charge is -2.25. The van der Waals surface area contributed by atoms with E-state index in [1.54, 1.807) is 25.1 Å². The number of halogens is 2. The SMILES string of the molecule is C[C@H](CCCC(C)(O)c1ccccc1F)NCc1ccc2cnccc2c1.Cl.